The molecule has 1 unspecified atom stereocenters. The Kier molecular flexibility index (Phi) is 7.95. The molecular formula is C18H16Cl2N6O5. The Labute approximate surface area is 185 Å². The smallest absolute Gasteiger partial charge is 0.411 e. The highest BCUT2D eigenvalue weighted by Crippen LogP contribution is 2.38. The summed E-state index contributed by atoms with van der Waals surface area (Å²) >= 11 is 12.4. The van der Waals surface area contributed by atoms with Crippen LogP contribution in [0.5, 0.6) is 11.6 Å². The minimum absolute atomic E-state index is 0.0165. The first-order valence-corrected chi connectivity index (χ1v) is 9.46. The number of carbonyl (C=O) groups excluding carboxylic acids is 1. The van der Waals surface area contributed by atoms with E-state index >= 15 is 0 Å². The quantitative estimate of drug-likeness (QED) is 0.354. The molecule has 0 spiro atoms. The highest BCUT2D eigenvalue weighted by atomic mass is 35.5. The number of nitrogens with one attached hydrogen (secondary N) is 3. The van der Waals surface area contributed by atoms with Gasteiger partial charge >= 0.3 is 6.09 Å². The number of imide groups is 1. The van der Waals surface area contributed by atoms with Crippen molar-refractivity contribution >= 4 is 46.6 Å². The number of carboxylic acid groups (broad SMARTS) is 1. The molecule has 0 aliphatic heterocycles. The summed E-state index contributed by atoms with van der Waals surface area (Å²) in [6.07, 6.45) is -0.891. The zero-order valence-electron chi connectivity index (χ0n) is 16.2. The summed E-state index contributed by atoms with van der Waals surface area (Å²) in [5, 5.41) is 28.7. The molecule has 13 heteroatoms. The average Bonchev–Trinajstić information content (AvgIpc) is 2.71. The molecule has 0 bridgehead atoms. The number of aromatic amines is 1. The van der Waals surface area contributed by atoms with Crippen molar-refractivity contribution in [3.8, 4) is 17.7 Å². The number of hydrogen-bond acceptors (Lipinski definition) is 8. The molecule has 0 aliphatic carbocycles. The Bertz CT molecular complexity index is 1120. The zero-order chi connectivity index (χ0) is 23.1. The molecule has 162 valence electrons. The van der Waals surface area contributed by atoms with Gasteiger partial charge in [0.2, 0.25) is 11.6 Å². The Morgan fingerprint density at radius 2 is 2.00 bits per heavy atom. The number of aromatic nitrogens is 2. The van der Waals surface area contributed by atoms with Crippen LogP contribution in [0.2, 0.25) is 10.0 Å². The number of hydrogen-bond donors (Lipinski definition) is 4. The first-order chi connectivity index (χ1) is 14.7. The molecule has 0 saturated carbocycles. The molecule has 0 fully saturated rings. The van der Waals surface area contributed by atoms with Crippen LogP contribution in [0.4, 0.5) is 10.5 Å². The SMILES string of the molecule is CCC(C)c1cc(Oc2c(Cl)cc(N/N=C(\C#N)C(=O)NC(=O)O)cc2Cl)n[nH]c1=O. The van der Waals surface area contributed by atoms with E-state index in [1.807, 2.05) is 13.8 Å². The maximum absolute atomic E-state index is 11.9. The van der Waals surface area contributed by atoms with Crippen LogP contribution in [0.25, 0.3) is 0 Å². The van der Waals surface area contributed by atoms with E-state index in [9.17, 15) is 14.4 Å². The summed E-state index contributed by atoms with van der Waals surface area (Å²) in [7, 11) is 0. The fraction of sp³-hybridized carbons (Fsp3) is 0.222. The van der Waals surface area contributed by atoms with Gasteiger partial charge in [0.15, 0.2) is 5.75 Å². The van der Waals surface area contributed by atoms with Crippen LogP contribution >= 0.6 is 23.2 Å². The van der Waals surface area contributed by atoms with Gasteiger partial charge in [-0.1, -0.05) is 37.0 Å². The molecule has 1 aromatic carbocycles. The number of carbonyl (C=O) groups is 2. The van der Waals surface area contributed by atoms with E-state index in [1.54, 1.807) is 0 Å². The number of ether oxygens (including phenoxy) is 1. The van der Waals surface area contributed by atoms with Gasteiger partial charge in [-0.3, -0.25) is 20.3 Å². The standard InChI is InChI=1S/C18H16Cl2N6O5/c1-3-8(2)10-6-14(25-26-16(10)27)31-15-11(19)4-9(5-12(15)20)23-24-13(7-21)17(28)22-18(29)30/h4-6,8,23H,3H2,1-2H3,(H,22,28)(H,26,27)(H,29,30)/b24-13+. The second kappa shape index (κ2) is 10.4. The van der Waals surface area contributed by atoms with Crippen molar-refractivity contribution in [2.45, 2.75) is 26.2 Å². The second-order valence-electron chi connectivity index (χ2n) is 6.11. The second-order valence-corrected chi connectivity index (χ2v) is 6.93. The summed E-state index contributed by atoms with van der Waals surface area (Å²) in [6.45, 7) is 3.83. The van der Waals surface area contributed by atoms with Crippen molar-refractivity contribution in [3.05, 3.63) is 44.2 Å². The minimum Gasteiger partial charge on any atom is -0.465 e. The lowest BCUT2D eigenvalue weighted by Gasteiger charge is -2.12. The molecule has 0 radical (unpaired) electrons. The molecule has 0 aliphatic rings. The van der Waals surface area contributed by atoms with Gasteiger partial charge < -0.3 is 9.84 Å². The number of amides is 2. The van der Waals surface area contributed by atoms with Crippen LogP contribution in [0.15, 0.2) is 28.1 Å². The third kappa shape index (κ3) is 6.18. The Balaban J connectivity index is 2.26. The van der Waals surface area contributed by atoms with E-state index in [-0.39, 0.29) is 38.8 Å². The molecule has 31 heavy (non-hydrogen) atoms. The van der Waals surface area contributed by atoms with E-state index in [2.05, 4.69) is 20.7 Å². The lowest BCUT2D eigenvalue weighted by Crippen LogP contribution is -2.34. The van der Waals surface area contributed by atoms with Crippen molar-refractivity contribution in [2.75, 3.05) is 5.43 Å². The predicted octanol–water partition coefficient (Wildman–Crippen LogP) is 3.47. The summed E-state index contributed by atoms with van der Waals surface area (Å²) in [5.41, 5.74) is 2.02. The van der Waals surface area contributed by atoms with E-state index in [0.29, 0.717) is 5.56 Å². The summed E-state index contributed by atoms with van der Waals surface area (Å²) in [6, 6.07) is 5.64. The number of rotatable bonds is 7. The Hall–Kier alpha value is -3.62. The van der Waals surface area contributed by atoms with Crippen LogP contribution in [0.1, 0.15) is 31.7 Å². The Morgan fingerprint density at radius 1 is 1.35 bits per heavy atom. The third-order valence-electron chi connectivity index (χ3n) is 4.00. The van der Waals surface area contributed by atoms with Crippen molar-refractivity contribution in [2.24, 2.45) is 5.10 Å². The first-order valence-electron chi connectivity index (χ1n) is 8.70. The van der Waals surface area contributed by atoms with E-state index in [1.165, 1.54) is 29.6 Å². The molecule has 2 rings (SSSR count). The van der Waals surface area contributed by atoms with Crippen LogP contribution in [0, 0.1) is 11.3 Å². The van der Waals surface area contributed by atoms with Crippen LogP contribution in [-0.2, 0) is 4.79 Å². The molecular weight excluding hydrogens is 451 g/mol. The number of nitriles is 1. The number of nitrogens with zero attached hydrogens (tertiary/aromatic N) is 3. The molecule has 2 amide bonds. The van der Waals surface area contributed by atoms with Gasteiger partial charge in [-0.15, -0.1) is 5.10 Å². The van der Waals surface area contributed by atoms with Gasteiger partial charge in [-0.2, -0.15) is 10.4 Å². The monoisotopic (exact) mass is 466 g/mol. The number of anilines is 1. The van der Waals surface area contributed by atoms with Gasteiger partial charge in [0.25, 0.3) is 11.5 Å². The van der Waals surface area contributed by atoms with Crippen LogP contribution in [-0.4, -0.2) is 33.0 Å². The summed E-state index contributed by atoms with van der Waals surface area (Å²) in [5.74, 6) is -1.09. The summed E-state index contributed by atoms with van der Waals surface area (Å²) in [4.78, 5) is 33.9. The lowest BCUT2D eigenvalue weighted by atomic mass is 10.0. The van der Waals surface area contributed by atoms with E-state index in [0.717, 1.165) is 6.42 Å². The molecule has 1 aromatic heterocycles. The zero-order valence-corrected chi connectivity index (χ0v) is 17.7. The normalized spacial score (nSPS) is 11.9. The molecule has 4 N–H and O–H groups in total. The highest BCUT2D eigenvalue weighted by molar-refractivity contribution is 6.46. The van der Waals surface area contributed by atoms with Gasteiger partial charge in [-0.25, -0.2) is 9.89 Å². The van der Waals surface area contributed by atoms with Gasteiger partial charge in [-0.05, 0) is 24.5 Å². The largest absolute Gasteiger partial charge is 0.465 e. The van der Waals surface area contributed by atoms with Gasteiger partial charge in [0, 0.05) is 11.6 Å². The molecule has 1 atom stereocenters. The predicted molar refractivity (Wildman–Crippen MR) is 113 cm³/mol. The van der Waals surface area contributed by atoms with Crippen LogP contribution in [0.3, 0.4) is 0 Å². The van der Waals surface area contributed by atoms with Gasteiger partial charge in [0.1, 0.15) is 6.07 Å². The average molecular weight is 467 g/mol. The number of halogens is 2. The number of benzene rings is 1. The first kappa shape index (κ1) is 23.7. The Morgan fingerprint density at radius 3 is 2.55 bits per heavy atom. The molecule has 2 aromatic rings. The highest BCUT2D eigenvalue weighted by Gasteiger charge is 2.16. The van der Waals surface area contributed by atoms with Crippen molar-refractivity contribution in [1.29, 1.82) is 5.26 Å². The van der Waals surface area contributed by atoms with Crippen molar-refractivity contribution in [3.63, 3.8) is 0 Å². The number of H-pyrrole nitrogens is 1. The van der Waals surface area contributed by atoms with Crippen molar-refractivity contribution in [1.82, 2.24) is 15.5 Å². The minimum atomic E-state index is -1.63. The van der Waals surface area contributed by atoms with Crippen molar-refractivity contribution < 1.29 is 19.4 Å². The fourth-order valence-corrected chi connectivity index (χ4v) is 2.83. The third-order valence-corrected chi connectivity index (χ3v) is 4.56. The van der Waals surface area contributed by atoms with E-state index in [4.69, 9.17) is 38.3 Å². The molecule has 0 saturated heterocycles. The van der Waals surface area contributed by atoms with Gasteiger partial charge in [0.05, 0.1) is 15.7 Å². The maximum Gasteiger partial charge on any atom is 0.411 e. The number of hydrazone groups is 1. The maximum atomic E-state index is 11.9. The van der Waals surface area contributed by atoms with E-state index < -0.39 is 17.7 Å². The summed E-state index contributed by atoms with van der Waals surface area (Å²) < 4.78 is 5.62. The fourth-order valence-electron chi connectivity index (χ4n) is 2.27. The van der Waals surface area contributed by atoms with Crippen LogP contribution < -0.4 is 21.0 Å². The lowest BCUT2D eigenvalue weighted by molar-refractivity contribution is -0.114. The molecule has 1 heterocycles. The topological polar surface area (TPSA) is 170 Å². The molecule has 11 nitrogen and oxygen atoms in total.